The van der Waals surface area contributed by atoms with Crippen molar-refractivity contribution < 1.29 is 52.1 Å². The van der Waals surface area contributed by atoms with E-state index in [9.17, 15) is 37.9 Å². The summed E-state index contributed by atoms with van der Waals surface area (Å²) < 4.78 is 46.0. The van der Waals surface area contributed by atoms with Gasteiger partial charge in [0, 0.05) is 67.3 Å². The predicted molar refractivity (Wildman–Crippen MR) is 241 cm³/mol. The minimum Gasteiger partial charge on any atom is -0.439 e. The Kier molecular flexibility index (Phi) is 20.1. The number of unbranched alkanes of at least 4 members (excludes halogenated alkanes) is 4. The summed E-state index contributed by atoms with van der Waals surface area (Å²) >= 11 is 0. The minimum atomic E-state index is -3.03. The van der Waals surface area contributed by atoms with Crippen LogP contribution < -0.4 is 11.1 Å². The maximum Gasteiger partial charge on any atom is 0.405 e. The van der Waals surface area contributed by atoms with Gasteiger partial charge in [-0.2, -0.15) is 8.78 Å². The van der Waals surface area contributed by atoms with E-state index in [1.54, 1.807) is 63.3 Å². The van der Waals surface area contributed by atoms with Crippen LogP contribution in [-0.2, 0) is 35.0 Å². The first-order valence-corrected chi connectivity index (χ1v) is 22.5. The SMILES string of the molecule is CO[C@H]1/C=C\C=C(/C)C(=O)NC2=CC(=O)C(CCCCCCCC(=O)c3ccc(CC4CCCCC#CC4(F)F)cc3)=C(C[C@@H](C)C[C@H](OC)[C@H](O)[C@@H](C)/C=C(\C)[C@@H]1OC(N)=O)C2=O. The molecular weight excluding hydrogens is 823 g/mol. The number of nitrogens with two attached hydrogens (primary N) is 1. The van der Waals surface area contributed by atoms with Crippen molar-refractivity contribution in [3.05, 3.63) is 93.8 Å². The first-order chi connectivity index (χ1) is 30.4. The highest BCUT2D eigenvalue weighted by atomic mass is 19.3. The Morgan fingerprint density at radius 2 is 1.69 bits per heavy atom. The number of halogens is 2. The number of alkyl halides is 2. The number of hydrogen-bond acceptors (Lipinski definition) is 9. The van der Waals surface area contributed by atoms with Gasteiger partial charge in [0.15, 0.2) is 17.7 Å². The van der Waals surface area contributed by atoms with Gasteiger partial charge in [-0.1, -0.05) is 94.0 Å². The van der Waals surface area contributed by atoms with Crippen LogP contribution >= 0.6 is 0 Å². The molecule has 1 aromatic rings. The normalized spacial score (nSPS) is 28.2. The van der Waals surface area contributed by atoms with Crippen LogP contribution in [0, 0.1) is 29.6 Å². The molecular formula is C51H66F2N2O9. The zero-order valence-corrected chi connectivity index (χ0v) is 38.2. The van der Waals surface area contributed by atoms with Crippen LogP contribution in [0.25, 0.3) is 0 Å². The van der Waals surface area contributed by atoms with Gasteiger partial charge in [-0.05, 0) is 88.2 Å². The van der Waals surface area contributed by atoms with E-state index in [4.69, 9.17) is 19.9 Å². The van der Waals surface area contributed by atoms with Crippen molar-refractivity contribution in [3.63, 3.8) is 0 Å². The summed E-state index contributed by atoms with van der Waals surface area (Å²) in [6.07, 6.45) is 10.7. The first kappa shape index (κ1) is 51.6. The van der Waals surface area contributed by atoms with Gasteiger partial charge in [0.25, 0.3) is 5.91 Å². The van der Waals surface area contributed by atoms with Crippen molar-refractivity contribution in [3.8, 4) is 11.8 Å². The van der Waals surface area contributed by atoms with Gasteiger partial charge in [-0.15, -0.1) is 0 Å². The van der Waals surface area contributed by atoms with Crippen molar-refractivity contribution in [2.24, 2.45) is 23.5 Å². The smallest absolute Gasteiger partial charge is 0.405 e. The monoisotopic (exact) mass is 888 g/mol. The molecule has 348 valence electrons. The number of nitrogens with one attached hydrogen (secondary N) is 1. The van der Waals surface area contributed by atoms with E-state index in [2.05, 4.69) is 17.2 Å². The van der Waals surface area contributed by atoms with Gasteiger partial charge >= 0.3 is 12.0 Å². The number of aliphatic hydroxyl groups excluding tert-OH is 1. The second-order valence-corrected chi connectivity index (χ2v) is 17.5. The zero-order valence-electron chi connectivity index (χ0n) is 38.2. The van der Waals surface area contributed by atoms with Crippen LogP contribution in [-0.4, -0.2) is 79.0 Å². The fraction of sp³-hybridized carbons (Fsp3) is 0.549. The molecule has 2 aliphatic carbocycles. The number of primary amides is 1. The molecule has 2 amide bonds. The van der Waals surface area contributed by atoms with Crippen molar-refractivity contribution in [2.75, 3.05) is 14.2 Å². The Hall–Kier alpha value is -5.03. The third-order valence-electron chi connectivity index (χ3n) is 12.4. The van der Waals surface area contributed by atoms with Crippen LogP contribution in [0.5, 0.6) is 0 Å². The molecule has 1 unspecified atom stereocenters. The lowest BCUT2D eigenvalue weighted by atomic mass is 9.82. The summed E-state index contributed by atoms with van der Waals surface area (Å²) in [5.74, 6) is -1.21. The lowest BCUT2D eigenvalue weighted by Gasteiger charge is -2.30. The highest BCUT2D eigenvalue weighted by molar-refractivity contribution is 6.23. The van der Waals surface area contributed by atoms with E-state index in [1.807, 2.05) is 6.92 Å². The zero-order chi connectivity index (χ0) is 47.0. The number of carbonyl (C=O) groups excluding carboxylic acids is 5. The maximum absolute atomic E-state index is 14.6. The molecule has 0 aromatic heterocycles. The third kappa shape index (κ3) is 15.0. The number of ketones is 3. The van der Waals surface area contributed by atoms with Crippen molar-refractivity contribution in [2.45, 2.75) is 148 Å². The molecule has 64 heavy (non-hydrogen) atoms. The lowest BCUT2D eigenvalue weighted by molar-refractivity contribution is -0.120. The van der Waals surface area contributed by atoms with E-state index in [1.165, 1.54) is 26.4 Å². The second kappa shape index (κ2) is 24.9. The van der Waals surface area contributed by atoms with Crippen LogP contribution in [0.15, 0.2) is 82.6 Å². The molecule has 0 fully saturated rings. The van der Waals surface area contributed by atoms with Crippen LogP contribution in [0.4, 0.5) is 13.6 Å². The standard InChI is InChI=1S/C51H66F2N2O9/c1-32-27-40-39(19-13-8-7-9-14-20-42(56)37-24-22-36(23-25-37)30-38-18-12-10-11-15-26-51(38,52)53)43(57)31-41(47(40)59)55-49(60)33(2)17-16-21-44(62-5)48(64-50(54)61)35(4)29-34(3)46(58)45(28-32)63-6/h16-17,21-25,29,31-32,34,38,44-46,48,58H,7-14,18-20,27-28,30H2,1-6H3,(H2,54,61)(H,55,60)/b21-16-,33-17+,35-29+/t32-,34+,38?,44+,45+,46-,48+/m1/s1. The number of carbonyl (C=O) groups is 5. The molecule has 2 bridgehead atoms. The number of fused-ring (bicyclic) bond motifs is 2. The Morgan fingerprint density at radius 1 is 0.984 bits per heavy atom. The van der Waals surface area contributed by atoms with Gasteiger partial charge < -0.3 is 30.4 Å². The Morgan fingerprint density at radius 3 is 2.38 bits per heavy atom. The highest BCUT2D eigenvalue weighted by Gasteiger charge is 2.38. The number of amides is 2. The topological polar surface area (TPSA) is 171 Å². The fourth-order valence-corrected chi connectivity index (χ4v) is 8.59. The Labute approximate surface area is 377 Å². The molecule has 0 saturated heterocycles. The van der Waals surface area contributed by atoms with Gasteiger partial charge in [0.1, 0.15) is 6.10 Å². The van der Waals surface area contributed by atoms with E-state index in [0.29, 0.717) is 67.2 Å². The third-order valence-corrected chi connectivity index (χ3v) is 12.4. The quantitative estimate of drug-likeness (QED) is 0.0543. The van der Waals surface area contributed by atoms with Crippen LogP contribution in [0.3, 0.4) is 0 Å². The largest absolute Gasteiger partial charge is 0.439 e. The summed E-state index contributed by atoms with van der Waals surface area (Å²) in [5, 5.41) is 14.1. The molecule has 4 rings (SSSR count). The summed E-state index contributed by atoms with van der Waals surface area (Å²) in [7, 11) is 2.92. The summed E-state index contributed by atoms with van der Waals surface area (Å²) in [5.41, 5.74) is 8.12. The number of Topliss-reactive ketones (excluding diaryl/α,β-unsaturated/α-hetero) is 2. The summed E-state index contributed by atoms with van der Waals surface area (Å²) in [6, 6.07) is 6.96. The Bertz CT molecular complexity index is 2060. The molecule has 4 N–H and O–H groups in total. The molecule has 0 saturated carbocycles. The molecule has 3 aliphatic rings. The average Bonchev–Trinajstić information content (AvgIpc) is 3.25. The molecule has 11 nitrogen and oxygen atoms in total. The van der Waals surface area contributed by atoms with Crippen LogP contribution in [0.1, 0.15) is 127 Å². The van der Waals surface area contributed by atoms with Gasteiger partial charge in [-0.25, -0.2) is 4.79 Å². The van der Waals surface area contributed by atoms with Crippen molar-refractivity contribution in [1.29, 1.82) is 0 Å². The van der Waals surface area contributed by atoms with Gasteiger partial charge in [0.2, 0.25) is 5.78 Å². The fourth-order valence-electron chi connectivity index (χ4n) is 8.59. The van der Waals surface area contributed by atoms with E-state index in [-0.39, 0.29) is 41.6 Å². The number of ether oxygens (including phenoxy) is 3. The van der Waals surface area contributed by atoms with Gasteiger partial charge in [-0.3, -0.25) is 19.2 Å². The lowest BCUT2D eigenvalue weighted by Crippen LogP contribution is -2.37. The van der Waals surface area contributed by atoms with Crippen LogP contribution in [0.2, 0.25) is 0 Å². The number of benzene rings is 1. The van der Waals surface area contributed by atoms with Gasteiger partial charge in [0.05, 0.1) is 17.9 Å². The number of allylic oxidation sites excluding steroid dienone is 5. The highest BCUT2D eigenvalue weighted by Crippen LogP contribution is 2.34. The average molecular weight is 889 g/mol. The molecule has 1 aromatic carbocycles. The second-order valence-electron chi connectivity index (χ2n) is 17.5. The summed E-state index contributed by atoms with van der Waals surface area (Å²) in [6.45, 7) is 7.00. The number of methoxy groups -OCH3 is 2. The predicted octanol–water partition coefficient (Wildman–Crippen LogP) is 8.79. The maximum atomic E-state index is 14.6. The molecule has 1 heterocycles. The number of rotatable bonds is 14. The van der Waals surface area contributed by atoms with E-state index < -0.39 is 60.0 Å². The molecule has 7 atom stereocenters. The summed E-state index contributed by atoms with van der Waals surface area (Å²) in [4.78, 5) is 66.0. The molecule has 13 heteroatoms. The minimum absolute atomic E-state index is 0.00748. The van der Waals surface area contributed by atoms with Crippen molar-refractivity contribution >= 4 is 29.4 Å². The Balaban J connectivity index is 1.41. The first-order valence-electron chi connectivity index (χ1n) is 22.5. The molecule has 0 radical (unpaired) electrons. The number of hydrogen-bond donors (Lipinski definition) is 3. The molecule has 0 spiro atoms. The number of aliphatic hydroxyl groups is 1. The van der Waals surface area contributed by atoms with E-state index >= 15 is 0 Å². The molecule has 1 aliphatic heterocycles. The van der Waals surface area contributed by atoms with Crippen molar-refractivity contribution in [1.82, 2.24) is 5.32 Å². The van der Waals surface area contributed by atoms with E-state index in [0.717, 1.165) is 37.7 Å².